The smallest absolute Gasteiger partial charge is 0.195 e. The number of guanidine groups is 1. The van der Waals surface area contributed by atoms with Crippen molar-refractivity contribution in [3.05, 3.63) is 35.9 Å². The van der Waals surface area contributed by atoms with Crippen LogP contribution in [0.4, 0.5) is 0 Å². The van der Waals surface area contributed by atoms with Crippen molar-refractivity contribution < 1.29 is 0 Å². The first-order chi connectivity index (χ1) is 10.6. The van der Waals surface area contributed by atoms with Crippen molar-refractivity contribution in [1.82, 2.24) is 14.7 Å². The normalized spacial score (nSPS) is 18.0. The Kier molecular flexibility index (Phi) is 8.91. The molecule has 0 N–H and O–H groups in total. The van der Waals surface area contributed by atoms with Gasteiger partial charge >= 0.3 is 0 Å². The molecule has 4 nitrogen and oxygen atoms in total. The maximum absolute atomic E-state index is 4.87. The molecule has 1 saturated heterocycles. The van der Waals surface area contributed by atoms with Crippen LogP contribution in [0.25, 0.3) is 0 Å². The molecular weight excluding hydrogens is 399 g/mol. The quantitative estimate of drug-likeness (QED) is 0.416. The van der Waals surface area contributed by atoms with Crippen molar-refractivity contribution in [3.8, 4) is 0 Å². The zero-order valence-electron chi connectivity index (χ0n) is 14.9. The molecular formula is C18H31IN4. The first-order valence-corrected chi connectivity index (χ1v) is 8.25. The lowest BCUT2D eigenvalue weighted by Gasteiger charge is -2.35. The minimum absolute atomic E-state index is 0. The second-order valence-electron chi connectivity index (χ2n) is 6.54. The van der Waals surface area contributed by atoms with Crippen LogP contribution in [0.2, 0.25) is 0 Å². The van der Waals surface area contributed by atoms with E-state index >= 15 is 0 Å². The third-order valence-corrected chi connectivity index (χ3v) is 4.22. The SMILES string of the molecule is CN(C)C(=NCC1CCCCN1Cc1ccccc1)N(C)C.I. The topological polar surface area (TPSA) is 22.1 Å². The lowest BCUT2D eigenvalue weighted by atomic mass is 10.0. The highest BCUT2D eigenvalue weighted by Crippen LogP contribution is 2.20. The molecule has 5 heteroatoms. The molecule has 23 heavy (non-hydrogen) atoms. The third kappa shape index (κ3) is 6.30. The largest absolute Gasteiger partial charge is 0.349 e. The number of benzene rings is 1. The monoisotopic (exact) mass is 430 g/mol. The summed E-state index contributed by atoms with van der Waals surface area (Å²) in [7, 11) is 8.23. The molecule has 0 bridgehead atoms. The summed E-state index contributed by atoms with van der Waals surface area (Å²) < 4.78 is 0. The first-order valence-electron chi connectivity index (χ1n) is 8.25. The second kappa shape index (κ2) is 10.1. The van der Waals surface area contributed by atoms with Crippen molar-refractivity contribution in [1.29, 1.82) is 0 Å². The predicted octanol–water partition coefficient (Wildman–Crippen LogP) is 3.14. The Morgan fingerprint density at radius 1 is 1.09 bits per heavy atom. The number of likely N-dealkylation sites (tertiary alicyclic amines) is 1. The standard InChI is InChI=1S/C18H30N4.HI/c1-20(2)18(21(3)4)19-14-17-12-8-9-13-22(17)15-16-10-6-5-7-11-16;/h5-7,10-11,17H,8-9,12-15H2,1-4H3;1H. The molecule has 1 aliphatic heterocycles. The van der Waals surface area contributed by atoms with Gasteiger partial charge in [0.1, 0.15) is 0 Å². The zero-order valence-corrected chi connectivity index (χ0v) is 17.2. The lowest BCUT2D eigenvalue weighted by molar-refractivity contribution is 0.144. The number of hydrogen-bond acceptors (Lipinski definition) is 2. The number of nitrogens with zero attached hydrogens (tertiary/aromatic N) is 4. The summed E-state index contributed by atoms with van der Waals surface area (Å²) in [5, 5.41) is 0. The van der Waals surface area contributed by atoms with Gasteiger partial charge in [0, 0.05) is 40.8 Å². The van der Waals surface area contributed by atoms with Gasteiger partial charge in [-0.2, -0.15) is 0 Å². The highest BCUT2D eigenvalue weighted by molar-refractivity contribution is 14.0. The molecule has 1 aromatic carbocycles. The summed E-state index contributed by atoms with van der Waals surface area (Å²) in [5.41, 5.74) is 1.40. The van der Waals surface area contributed by atoms with Crippen LogP contribution in [-0.4, -0.2) is 68.0 Å². The van der Waals surface area contributed by atoms with Crippen molar-refractivity contribution in [2.24, 2.45) is 4.99 Å². The minimum atomic E-state index is 0. The highest BCUT2D eigenvalue weighted by atomic mass is 127. The van der Waals surface area contributed by atoms with Gasteiger partial charge in [0.25, 0.3) is 0 Å². The van der Waals surface area contributed by atoms with Gasteiger partial charge in [-0.25, -0.2) is 0 Å². The van der Waals surface area contributed by atoms with Crippen LogP contribution in [0, 0.1) is 0 Å². The molecule has 1 fully saturated rings. The van der Waals surface area contributed by atoms with E-state index in [4.69, 9.17) is 4.99 Å². The summed E-state index contributed by atoms with van der Waals surface area (Å²) in [6.45, 7) is 3.12. The van der Waals surface area contributed by atoms with E-state index in [1.807, 2.05) is 0 Å². The molecule has 0 aliphatic carbocycles. The molecule has 2 rings (SSSR count). The van der Waals surface area contributed by atoms with E-state index in [1.165, 1.54) is 31.4 Å². The number of halogens is 1. The van der Waals surface area contributed by atoms with E-state index in [9.17, 15) is 0 Å². The second-order valence-corrected chi connectivity index (χ2v) is 6.54. The summed E-state index contributed by atoms with van der Waals surface area (Å²) in [6, 6.07) is 11.3. The van der Waals surface area contributed by atoms with Crippen LogP contribution in [0.15, 0.2) is 35.3 Å². The Morgan fingerprint density at radius 3 is 2.35 bits per heavy atom. The van der Waals surface area contributed by atoms with E-state index in [2.05, 4.69) is 73.2 Å². The molecule has 0 amide bonds. The Balaban J connectivity index is 0.00000264. The van der Waals surface area contributed by atoms with Crippen LogP contribution < -0.4 is 0 Å². The van der Waals surface area contributed by atoms with Gasteiger partial charge in [0.15, 0.2) is 5.96 Å². The van der Waals surface area contributed by atoms with Gasteiger partial charge in [0.2, 0.25) is 0 Å². The lowest BCUT2D eigenvalue weighted by Crippen LogP contribution is -2.42. The van der Waals surface area contributed by atoms with Gasteiger partial charge in [-0.05, 0) is 24.9 Å². The summed E-state index contributed by atoms with van der Waals surface area (Å²) in [4.78, 5) is 11.6. The van der Waals surface area contributed by atoms with Crippen LogP contribution in [0.5, 0.6) is 0 Å². The van der Waals surface area contributed by atoms with Gasteiger partial charge in [-0.15, -0.1) is 24.0 Å². The molecule has 1 aromatic rings. The van der Waals surface area contributed by atoms with E-state index in [-0.39, 0.29) is 24.0 Å². The third-order valence-electron chi connectivity index (χ3n) is 4.22. The minimum Gasteiger partial charge on any atom is -0.349 e. The Bertz CT molecular complexity index is 463. The maximum Gasteiger partial charge on any atom is 0.195 e. The van der Waals surface area contributed by atoms with E-state index in [0.717, 1.165) is 19.0 Å². The average molecular weight is 430 g/mol. The molecule has 130 valence electrons. The van der Waals surface area contributed by atoms with Crippen LogP contribution in [0.1, 0.15) is 24.8 Å². The molecule has 1 aliphatic rings. The van der Waals surface area contributed by atoms with Gasteiger partial charge in [-0.1, -0.05) is 36.8 Å². The van der Waals surface area contributed by atoms with Crippen LogP contribution >= 0.6 is 24.0 Å². The summed E-state index contributed by atoms with van der Waals surface area (Å²) in [6.07, 6.45) is 3.89. The van der Waals surface area contributed by atoms with Gasteiger partial charge in [-0.3, -0.25) is 9.89 Å². The van der Waals surface area contributed by atoms with Crippen molar-refractivity contribution in [2.75, 3.05) is 41.3 Å². The molecule has 1 unspecified atom stereocenters. The molecule has 1 heterocycles. The molecule has 0 saturated carbocycles. The highest BCUT2D eigenvalue weighted by Gasteiger charge is 2.22. The zero-order chi connectivity index (χ0) is 15.9. The fourth-order valence-electron chi connectivity index (χ4n) is 3.16. The Labute approximate surface area is 158 Å². The maximum atomic E-state index is 4.87. The number of piperidine rings is 1. The van der Waals surface area contributed by atoms with Crippen LogP contribution in [0.3, 0.4) is 0 Å². The molecule has 0 aromatic heterocycles. The summed E-state index contributed by atoms with van der Waals surface area (Å²) >= 11 is 0. The number of hydrogen-bond donors (Lipinski definition) is 0. The Hall–Kier alpha value is -0.820. The molecule has 0 spiro atoms. The fourth-order valence-corrected chi connectivity index (χ4v) is 3.16. The van der Waals surface area contributed by atoms with Crippen LogP contribution in [-0.2, 0) is 6.54 Å². The predicted molar refractivity (Wildman–Crippen MR) is 110 cm³/mol. The van der Waals surface area contributed by atoms with E-state index in [0.29, 0.717) is 6.04 Å². The molecule has 1 atom stereocenters. The fraction of sp³-hybridized carbons (Fsp3) is 0.611. The first kappa shape index (κ1) is 20.2. The summed E-state index contributed by atoms with van der Waals surface area (Å²) in [5.74, 6) is 1.05. The van der Waals surface area contributed by atoms with E-state index in [1.54, 1.807) is 0 Å². The Morgan fingerprint density at radius 2 is 1.74 bits per heavy atom. The number of rotatable bonds is 4. The van der Waals surface area contributed by atoms with Crippen molar-refractivity contribution >= 4 is 29.9 Å². The van der Waals surface area contributed by atoms with Gasteiger partial charge < -0.3 is 9.80 Å². The molecule has 0 radical (unpaired) electrons. The number of aliphatic imine (C=N–C) groups is 1. The van der Waals surface area contributed by atoms with Gasteiger partial charge in [0.05, 0.1) is 6.54 Å². The van der Waals surface area contributed by atoms with E-state index < -0.39 is 0 Å². The average Bonchev–Trinajstić information content (AvgIpc) is 2.49. The van der Waals surface area contributed by atoms with Crippen molar-refractivity contribution in [3.63, 3.8) is 0 Å². The van der Waals surface area contributed by atoms with Crippen molar-refractivity contribution in [2.45, 2.75) is 31.8 Å².